The summed E-state index contributed by atoms with van der Waals surface area (Å²) in [7, 11) is 0. The molecule has 0 aliphatic heterocycles. The van der Waals surface area contributed by atoms with E-state index in [0.717, 1.165) is 10.6 Å². The van der Waals surface area contributed by atoms with E-state index in [1.165, 1.54) is 0 Å². The van der Waals surface area contributed by atoms with E-state index < -0.39 is 0 Å². The first-order valence-corrected chi connectivity index (χ1v) is 6.33. The monoisotopic (exact) mass is 263 g/mol. The summed E-state index contributed by atoms with van der Waals surface area (Å²) in [6, 6.07) is 7.11. The molecule has 0 atom stereocenters. The van der Waals surface area contributed by atoms with Crippen LogP contribution in [0.15, 0.2) is 35.8 Å². The first-order valence-electron chi connectivity index (χ1n) is 5.45. The molecular weight excluding hydrogens is 250 g/mol. The molecule has 0 saturated heterocycles. The second-order valence-corrected chi connectivity index (χ2v) is 4.41. The van der Waals surface area contributed by atoms with Crippen molar-refractivity contribution in [2.24, 2.45) is 0 Å². The van der Waals surface area contributed by atoms with Crippen LogP contribution in [0.5, 0.6) is 0 Å². The molecule has 1 aromatic heterocycles. The topological polar surface area (TPSA) is 74.2 Å². The lowest BCUT2D eigenvalue weighted by molar-refractivity contribution is 0.245. The Morgan fingerprint density at radius 2 is 2.11 bits per heavy atom. The minimum Gasteiger partial charge on any atom is -0.395 e. The van der Waals surface area contributed by atoms with Crippen LogP contribution in [0.3, 0.4) is 0 Å². The SMILES string of the molecule is O=C(NCCO)Nc1ccc(-c2nccs2)cc1. The highest BCUT2D eigenvalue weighted by Crippen LogP contribution is 2.23. The standard InChI is InChI=1S/C12H13N3O2S/c16-7-5-14-12(17)15-10-3-1-9(2-4-10)11-13-6-8-18-11/h1-4,6,8,16H,5,7H2,(H2,14,15,17). The molecule has 0 saturated carbocycles. The highest BCUT2D eigenvalue weighted by molar-refractivity contribution is 7.13. The van der Waals surface area contributed by atoms with Crippen molar-refractivity contribution >= 4 is 23.1 Å². The van der Waals surface area contributed by atoms with E-state index >= 15 is 0 Å². The van der Waals surface area contributed by atoms with Crippen molar-refractivity contribution in [3.63, 3.8) is 0 Å². The third-order valence-electron chi connectivity index (χ3n) is 2.22. The molecule has 0 bridgehead atoms. The van der Waals surface area contributed by atoms with Crippen LogP contribution in [0.1, 0.15) is 0 Å². The van der Waals surface area contributed by atoms with Gasteiger partial charge in [-0.1, -0.05) is 0 Å². The molecule has 2 rings (SSSR count). The average molecular weight is 263 g/mol. The van der Waals surface area contributed by atoms with Crippen molar-refractivity contribution in [3.05, 3.63) is 35.8 Å². The van der Waals surface area contributed by atoms with Crippen LogP contribution in [-0.2, 0) is 0 Å². The van der Waals surface area contributed by atoms with Crippen LogP contribution in [0.4, 0.5) is 10.5 Å². The van der Waals surface area contributed by atoms with Gasteiger partial charge in [0.25, 0.3) is 0 Å². The van der Waals surface area contributed by atoms with Crippen molar-refractivity contribution in [2.75, 3.05) is 18.5 Å². The maximum Gasteiger partial charge on any atom is 0.319 e. The van der Waals surface area contributed by atoms with Crippen LogP contribution in [0, 0.1) is 0 Å². The summed E-state index contributed by atoms with van der Waals surface area (Å²) < 4.78 is 0. The first kappa shape index (κ1) is 12.5. The summed E-state index contributed by atoms with van der Waals surface area (Å²) in [5.41, 5.74) is 1.72. The highest BCUT2D eigenvalue weighted by atomic mass is 32.1. The number of carbonyl (C=O) groups excluding carboxylic acids is 1. The molecule has 0 radical (unpaired) electrons. The zero-order valence-electron chi connectivity index (χ0n) is 9.59. The van der Waals surface area contributed by atoms with Gasteiger partial charge in [0.2, 0.25) is 0 Å². The Bertz CT molecular complexity index is 497. The number of hydrogen-bond acceptors (Lipinski definition) is 4. The van der Waals surface area contributed by atoms with Gasteiger partial charge in [0.1, 0.15) is 5.01 Å². The normalized spacial score (nSPS) is 10.1. The minimum atomic E-state index is -0.328. The van der Waals surface area contributed by atoms with Gasteiger partial charge < -0.3 is 15.7 Å². The van der Waals surface area contributed by atoms with Crippen molar-refractivity contribution in [1.82, 2.24) is 10.3 Å². The minimum absolute atomic E-state index is 0.0730. The smallest absolute Gasteiger partial charge is 0.319 e. The fourth-order valence-corrected chi connectivity index (χ4v) is 2.05. The van der Waals surface area contributed by atoms with E-state index in [-0.39, 0.29) is 19.2 Å². The van der Waals surface area contributed by atoms with E-state index in [1.807, 2.05) is 29.6 Å². The molecule has 5 nitrogen and oxygen atoms in total. The number of hydrogen-bond donors (Lipinski definition) is 3. The maximum absolute atomic E-state index is 11.3. The number of carbonyl (C=O) groups is 1. The van der Waals surface area contributed by atoms with Crippen LogP contribution < -0.4 is 10.6 Å². The number of amides is 2. The summed E-state index contributed by atoms with van der Waals surface area (Å²) in [4.78, 5) is 15.5. The molecule has 94 valence electrons. The molecule has 1 aromatic carbocycles. The lowest BCUT2D eigenvalue weighted by atomic mass is 10.2. The van der Waals surface area contributed by atoms with Gasteiger partial charge in [0, 0.05) is 29.4 Å². The van der Waals surface area contributed by atoms with E-state index in [4.69, 9.17) is 5.11 Å². The fourth-order valence-electron chi connectivity index (χ4n) is 1.41. The Morgan fingerprint density at radius 1 is 1.33 bits per heavy atom. The van der Waals surface area contributed by atoms with Gasteiger partial charge in [0.05, 0.1) is 6.61 Å². The second kappa shape index (κ2) is 6.13. The van der Waals surface area contributed by atoms with E-state index in [1.54, 1.807) is 17.5 Å². The molecule has 2 aromatic rings. The number of thiazole rings is 1. The number of benzene rings is 1. The number of rotatable bonds is 4. The number of urea groups is 1. The van der Waals surface area contributed by atoms with Crippen LogP contribution in [0.25, 0.3) is 10.6 Å². The summed E-state index contributed by atoms with van der Waals surface area (Å²) in [5.74, 6) is 0. The van der Waals surface area contributed by atoms with Crippen molar-refractivity contribution < 1.29 is 9.90 Å². The Morgan fingerprint density at radius 3 is 2.72 bits per heavy atom. The van der Waals surface area contributed by atoms with Crippen LogP contribution in [0.2, 0.25) is 0 Å². The predicted molar refractivity (Wildman–Crippen MR) is 71.7 cm³/mol. The van der Waals surface area contributed by atoms with E-state index in [9.17, 15) is 4.79 Å². The highest BCUT2D eigenvalue weighted by Gasteiger charge is 2.02. The molecule has 0 aliphatic carbocycles. The Hall–Kier alpha value is -1.92. The molecule has 3 N–H and O–H groups in total. The Kier molecular flexibility index (Phi) is 4.27. The average Bonchev–Trinajstić information content (AvgIpc) is 2.91. The number of aliphatic hydroxyl groups is 1. The molecule has 0 fully saturated rings. The predicted octanol–water partition coefficient (Wildman–Crippen LogP) is 1.92. The fraction of sp³-hybridized carbons (Fsp3) is 0.167. The van der Waals surface area contributed by atoms with Gasteiger partial charge in [-0.05, 0) is 24.3 Å². The van der Waals surface area contributed by atoms with Gasteiger partial charge in [-0.25, -0.2) is 9.78 Å². The van der Waals surface area contributed by atoms with Crippen LogP contribution >= 0.6 is 11.3 Å². The number of nitrogens with zero attached hydrogens (tertiary/aromatic N) is 1. The van der Waals surface area contributed by atoms with E-state index in [2.05, 4.69) is 15.6 Å². The zero-order valence-corrected chi connectivity index (χ0v) is 10.4. The van der Waals surface area contributed by atoms with Crippen molar-refractivity contribution in [3.8, 4) is 10.6 Å². The second-order valence-electron chi connectivity index (χ2n) is 3.52. The summed E-state index contributed by atoms with van der Waals surface area (Å²) >= 11 is 1.57. The molecule has 0 aliphatic rings. The number of aliphatic hydroxyl groups excluding tert-OH is 1. The molecule has 6 heteroatoms. The molecule has 1 heterocycles. The third kappa shape index (κ3) is 3.28. The van der Waals surface area contributed by atoms with Crippen molar-refractivity contribution in [1.29, 1.82) is 0 Å². The summed E-state index contributed by atoms with van der Waals surface area (Å²) in [6.45, 7) is 0.166. The van der Waals surface area contributed by atoms with Crippen LogP contribution in [-0.4, -0.2) is 29.3 Å². The number of aromatic nitrogens is 1. The lowest BCUT2D eigenvalue weighted by Crippen LogP contribution is -2.30. The zero-order chi connectivity index (χ0) is 12.8. The quantitative estimate of drug-likeness (QED) is 0.789. The first-order chi connectivity index (χ1) is 8.79. The molecule has 0 spiro atoms. The largest absolute Gasteiger partial charge is 0.395 e. The summed E-state index contributed by atoms with van der Waals surface area (Å²) in [5, 5.41) is 16.6. The Labute approximate surface area is 108 Å². The molecular formula is C12H13N3O2S. The summed E-state index contributed by atoms with van der Waals surface area (Å²) in [6.07, 6.45) is 1.76. The lowest BCUT2D eigenvalue weighted by Gasteiger charge is -2.06. The molecule has 0 unspecified atom stereocenters. The van der Waals surface area contributed by atoms with E-state index in [0.29, 0.717) is 5.69 Å². The van der Waals surface area contributed by atoms with Crippen molar-refractivity contribution in [2.45, 2.75) is 0 Å². The van der Waals surface area contributed by atoms with Gasteiger partial charge in [-0.15, -0.1) is 11.3 Å². The molecule has 18 heavy (non-hydrogen) atoms. The third-order valence-corrected chi connectivity index (χ3v) is 3.04. The molecule has 2 amide bonds. The van der Waals surface area contributed by atoms with Gasteiger partial charge in [0.15, 0.2) is 0 Å². The Balaban J connectivity index is 1.98. The number of nitrogens with one attached hydrogen (secondary N) is 2. The number of anilines is 1. The maximum atomic E-state index is 11.3. The van der Waals surface area contributed by atoms with Gasteiger partial charge in [-0.2, -0.15) is 0 Å². The van der Waals surface area contributed by atoms with Gasteiger partial charge in [-0.3, -0.25) is 0 Å². The van der Waals surface area contributed by atoms with Gasteiger partial charge >= 0.3 is 6.03 Å².